The molecule has 2 rings (SSSR count). The third-order valence-corrected chi connectivity index (χ3v) is 1.70. The number of nitrogens with two attached hydrogens (primary N) is 1. The molecule has 0 saturated heterocycles. The number of aromatic nitrogens is 5. The zero-order valence-electron chi connectivity index (χ0n) is 7.33. The van der Waals surface area contributed by atoms with Crippen molar-refractivity contribution >= 4 is 0 Å². The largest absolute Gasteiger partial charge is 0.326 e. The number of nitrogens with zero attached hydrogens (tertiary/aromatic N) is 5. The monoisotopic (exact) mass is 188 g/mol. The molecule has 0 saturated carbocycles. The van der Waals surface area contributed by atoms with Crippen LogP contribution in [0.2, 0.25) is 0 Å². The van der Waals surface area contributed by atoms with Gasteiger partial charge in [-0.25, -0.2) is 0 Å². The Labute approximate surface area is 80.2 Å². The van der Waals surface area contributed by atoms with Crippen molar-refractivity contribution in [2.75, 3.05) is 0 Å². The van der Waals surface area contributed by atoms with Gasteiger partial charge in [-0.2, -0.15) is 0 Å². The Hall–Kier alpha value is -1.95. The SMILES string of the molecule is NCc1ccc(-c2nncnn2)nc1. The van der Waals surface area contributed by atoms with Crippen molar-refractivity contribution < 1.29 is 0 Å². The van der Waals surface area contributed by atoms with Gasteiger partial charge in [0.15, 0.2) is 6.33 Å². The summed E-state index contributed by atoms with van der Waals surface area (Å²) in [4.78, 5) is 4.13. The Morgan fingerprint density at radius 2 is 1.93 bits per heavy atom. The van der Waals surface area contributed by atoms with E-state index in [1.54, 1.807) is 12.3 Å². The maximum absolute atomic E-state index is 5.44. The molecule has 0 fully saturated rings. The number of hydrogen-bond donors (Lipinski definition) is 1. The Kier molecular flexibility index (Phi) is 2.37. The van der Waals surface area contributed by atoms with E-state index in [1.807, 2.05) is 6.07 Å². The first-order chi connectivity index (χ1) is 6.90. The standard InChI is InChI=1S/C8H8N6/c9-3-6-1-2-7(10-4-6)8-13-11-5-12-14-8/h1-2,4-5H,3,9H2. The summed E-state index contributed by atoms with van der Waals surface area (Å²) in [6, 6.07) is 3.67. The van der Waals surface area contributed by atoms with Gasteiger partial charge in [0.25, 0.3) is 0 Å². The van der Waals surface area contributed by atoms with Gasteiger partial charge >= 0.3 is 0 Å². The Bertz CT molecular complexity index is 398. The first kappa shape index (κ1) is 8.64. The van der Waals surface area contributed by atoms with Gasteiger partial charge in [0, 0.05) is 12.7 Å². The van der Waals surface area contributed by atoms with Crippen LogP contribution in [0, 0.1) is 0 Å². The van der Waals surface area contributed by atoms with Crippen molar-refractivity contribution in [3.63, 3.8) is 0 Å². The van der Waals surface area contributed by atoms with E-state index >= 15 is 0 Å². The van der Waals surface area contributed by atoms with Gasteiger partial charge in [0.05, 0.1) is 0 Å². The second kappa shape index (κ2) is 3.84. The van der Waals surface area contributed by atoms with Crippen molar-refractivity contribution in [1.29, 1.82) is 0 Å². The first-order valence-corrected chi connectivity index (χ1v) is 4.06. The van der Waals surface area contributed by atoms with Gasteiger partial charge in [0.1, 0.15) is 5.69 Å². The van der Waals surface area contributed by atoms with Crippen LogP contribution in [0.25, 0.3) is 11.5 Å². The van der Waals surface area contributed by atoms with Crippen molar-refractivity contribution in [1.82, 2.24) is 25.4 Å². The molecule has 6 heteroatoms. The first-order valence-electron chi connectivity index (χ1n) is 4.06. The summed E-state index contributed by atoms with van der Waals surface area (Å²) in [5, 5.41) is 14.8. The van der Waals surface area contributed by atoms with E-state index in [4.69, 9.17) is 5.73 Å². The molecule has 0 aromatic carbocycles. The maximum Gasteiger partial charge on any atom is 0.221 e. The van der Waals surface area contributed by atoms with Crippen LogP contribution in [0.3, 0.4) is 0 Å². The minimum absolute atomic E-state index is 0.413. The number of pyridine rings is 1. The molecular formula is C8H8N6. The third kappa shape index (κ3) is 1.69. The second-order valence-corrected chi connectivity index (χ2v) is 2.63. The molecule has 0 atom stereocenters. The fraction of sp³-hybridized carbons (Fsp3) is 0.125. The van der Waals surface area contributed by atoms with Gasteiger partial charge in [0.2, 0.25) is 5.82 Å². The van der Waals surface area contributed by atoms with Gasteiger partial charge in [-0.05, 0) is 11.6 Å². The Morgan fingerprint density at radius 1 is 1.14 bits per heavy atom. The number of rotatable bonds is 2. The molecule has 0 bridgehead atoms. The minimum Gasteiger partial charge on any atom is -0.326 e. The molecule has 2 heterocycles. The van der Waals surface area contributed by atoms with Crippen LogP contribution in [0.5, 0.6) is 0 Å². The zero-order valence-corrected chi connectivity index (χ0v) is 7.33. The lowest BCUT2D eigenvalue weighted by atomic mass is 10.2. The van der Waals surface area contributed by atoms with Gasteiger partial charge in [-0.3, -0.25) is 4.98 Å². The molecule has 0 radical (unpaired) electrons. The van der Waals surface area contributed by atoms with E-state index in [2.05, 4.69) is 25.4 Å². The third-order valence-electron chi connectivity index (χ3n) is 1.70. The smallest absolute Gasteiger partial charge is 0.221 e. The molecule has 0 unspecified atom stereocenters. The summed E-state index contributed by atoms with van der Waals surface area (Å²) >= 11 is 0. The summed E-state index contributed by atoms with van der Waals surface area (Å²) < 4.78 is 0. The molecule has 0 aliphatic heterocycles. The van der Waals surface area contributed by atoms with Crippen LogP contribution in [-0.4, -0.2) is 25.4 Å². The lowest BCUT2D eigenvalue weighted by Gasteiger charge is -1.97. The van der Waals surface area contributed by atoms with Crippen molar-refractivity contribution in [2.24, 2.45) is 5.73 Å². The summed E-state index contributed by atoms with van der Waals surface area (Å²) in [5.41, 5.74) is 7.05. The molecule has 70 valence electrons. The lowest BCUT2D eigenvalue weighted by Crippen LogP contribution is -1.99. The number of hydrogen-bond acceptors (Lipinski definition) is 6. The molecule has 14 heavy (non-hydrogen) atoms. The van der Waals surface area contributed by atoms with E-state index in [0.717, 1.165) is 5.56 Å². The highest BCUT2D eigenvalue weighted by Crippen LogP contribution is 2.08. The van der Waals surface area contributed by atoms with Crippen LogP contribution >= 0.6 is 0 Å². The molecule has 0 spiro atoms. The second-order valence-electron chi connectivity index (χ2n) is 2.63. The van der Waals surface area contributed by atoms with Crippen molar-refractivity contribution in [2.45, 2.75) is 6.54 Å². The summed E-state index contributed by atoms with van der Waals surface area (Å²) in [7, 11) is 0. The average molecular weight is 188 g/mol. The quantitative estimate of drug-likeness (QED) is 0.701. The molecule has 0 amide bonds. The molecule has 0 aliphatic carbocycles. The van der Waals surface area contributed by atoms with Crippen LogP contribution < -0.4 is 5.73 Å². The molecule has 2 aromatic rings. The summed E-state index contributed by atoms with van der Waals surface area (Å²) in [6.45, 7) is 0.472. The molecule has 0 aliphatic rings. The van der Waals surface area contributed by atoms with E-state index in [9.17, 15) is 0 Å². The van der Waals surface area contributed by atoms with E-state index < -0.39 is 0 Å². The van der Waals surface area contributed by atoms with Crippen LogP contribution in [0.4, 0.5) is 0 Å². The fourth-order valence-corrected chi connectivity index (χ4v) is 0.984. The Balaban J connectivity index is 2.34. The highest BCUT2D eigenvalue weighted by atomic mass is 15.3. The predicted octanol–water partition coefficient (Wildman–Crippen LogP) is -0.213. The van der Waals surface area contributed by atoms with Gasteiger partial charge < -0.3 is 5.73 Å². The fourth-order valence-electron chi connectivity index (χ4n) is 0.984. The zero-order chi connectivity index (χ0) is 9.80. The van der Waals surface area contributed by atoms with Crippen LogP contribution in [0.1, 0.15) is 5.56 Å². The minimum atomic E-state index is 0.413. The summed E-state index contributed by atoms with van der Waals surface area (Å²) in [5.74, 6) is 0.413. The van der Waals surface area contributed by atoms with Gasteiger partial charge in [-0.1, -0.05) is 6.07 Å². The maximum atomic E-state index is 5.44. The van der Waals surface area contributed by atoms with Crippen LogP contribution in [-0.2, 0) is 6.54 Å². The van der Waals surface area contributed by atoms with E-state index in [-0.39, 0.29) is 0 Å². The molecule has 2 aromatic heterocycles. The molecular weight excluding hydrogens is 180 g/mol. The van der Waals surface area contributed by atoms with E-state index in [1.165, 1.54) is 6.33 Å². The highest BCUT2D eigenvalue weighted by molar-refractivity contribution is 5.47. The summed E-state index contributed by atoms with van der Waals surface area (Å²) in [6.07, 6.45) is 2.96. The molecule has 6 nitrogen and oxygen atoms in total. The molecule has 2 N–H and O–H groups in total. The van der Waals surface area contributed by atoms with Crippen molar-refractivity contribution in [3.05, 3.63) is 30.2 Å². The highest BCUT2D eigenvalue weighted by Gasteiger charge is 2.02. The lowest BCUT2D eigenvalue weighted by molar-refractivity contribution is 0.858. The van der Waals surface area contributed by atoms with E-state index in [0.29, 0.717) is 18.1 Å². The Morgan fingerprint density at radius 3 is 2.50 bits per heavy atom. The van der Waals surface area contributed by atoms with Gasteiger partial charge in [-0.15, -0.1) is 20.4 Å². The topological polar surface area (TPSA) is 90.5 Å². The van der Waals surface area contributed by atoms with Crippen LogP contribution in [0.15, 0.2) is 24.7 Å². The predicted molar refractivity (Wildman–Crippen MR) is 48.7 cm³/mol. The van der Waals surface area contributed by atoms with Crippen molar-refractivity contribution in [3.8, 4) is 11.5 Å². The normalized spacial score (nSPS) is 10.1. The average Bonchev–Trinajstić information content (AvgIpc) is 2.30.